The number of hydrogen-bond acceptors (Lipinski definition) is 2. The third kappa shape index (κ3) is 1.81. The molecule has 4 heterocycles. The van der Waals surface area contributed by atoms with Crippen molar-refractivity contribution in [3.63, 3.8) is 0 Å². The predicted octanol–water partition coefficient (Wildman–Crippen LogP) is 2.72. The number of allylic oxidation sites excluding steroid dienone is 1. The lowest BCUT2D eigenvalue weighted by atomic mass is 9.74. The summed E-state index contributed by atoms with van der Waals surface area (Å²) in [6.07, 6.45) is 5.73. The maximum absolute atomic E-state index is 4.28. The number of likely N-dealkylation sites (tertiary alicyclic amines) is 1. The first-order chi connectivity index (χ1) is 8.11. The molecule has 0 aliphatic carbocycles. The van der Waals surface area contributed by atoms with Crippen LogP contribution >= 0.6 is 0 Å². The van der Waals surface area contributed by atoms with Crippen LogP contribution in [-0.2, 0) is 0 Å². The highest BCUT2D eigenvalue weighted by Crippen LogP contribution is 2.45. The van der Waals surface area contributed by atoms with Crippen LogP contribution < -0.4 is 0 Å². The van der Waals surface area contributed by atoms with Crippen LogP contribution in [0, 0.1) is 11.8 Å². The van der Waals surface area contributed by atoms with Crippen molar-refractivity contribution < 1.29 is 0 Å². The molecule has 4 aliphatic heterocycles. The normalized spacial score (nSPS) is 40.5. The molecule has 0 N–H and O–H groups in total. The van der Waals surface area contributed by atoms with Gasteiger partial charge < -0.3 is 4.90 Å². The number of hydrogen-bond donors (Lipinski definition) is 0. The van der Waals surface area contributed by atoms with Crippen molar-refractivity contribution in [3.8, 4) is 0 Å². The van der Waals surface area contributed by atoms with Gasteiger partial charge in [0.2, 0.25) is 0 Å². The molecule has 0 aromatic heterocycles. The molecule has 0 radical (unpaired) electrons. The van der Waals surface area contributed by atoms with Crippen molar-refractivity contribution in [2.45, 2.75) is 45.1 Å². The van der Waals surface area contributed by atoms with Crippen molar-refractivity contribution in [2.24, 2.45) is 11.8 Å². The van der Waals surface area contributed by atoms with Crippen molar-refractivity contribution in [2.75, 3.05) is 26.2 Å². The highest BCUT2D eigenvalue weighted by molar-refractivity contribution is 5.11. The average molecular weight is 234 g/mol. The lowest BCUT2D eigenvalue weighted by Crippen LogP contribution is -2.59. The van der Waals surface area contributed by atoms with Crippen molar-refractivity contribution >= 4 is 0 Å². The molecule has 4 fully saturated rings. The molecule has 1 atom stereocenters. The van der Waals surface area contributed by atoms with E-state index in [2.05, 4.69) is 30.2 Å². The Morgan fingerprint density at radius 2 is 1.94 bits per heavy atom. The largest absolute Gasteiger partial charge is 0.373 e. The zero-order valence-electron chi connectivity index (χ0n) is 11.4. The van der Waals surface area contributed by atoms with E-state index in [0.29, 0.717) is 11.5 Å². The van der Waals surface area contributed by atoms with E-state index in [4.69, 9.17) is 0 Å². The summed E-state index contributed by atoms with van der Waals surface area (Å²) in [4.78, 5) is 5.35. The summed E-state index contributed by atoms with van der Waals surface area (Å²) < 4.78 is 0. The van der Waals surface area contributed by atoms with Crippen molar-refractivity contribution in [1.82, 2.24) is 9.80 Å². The molecule has 1 unspecified atom stereocenters. The average Bonchev–Trinajstić information content (AvgIpc) is 2.73. The zero-order valence-corrected chi connectivity index (χ0v) is 11.4. The number of nitrogens with zero attached hydrogens (tertiary/aromatic N) is 2. The van der Waals surface area contributed by atoms with Crippen LogP contribution in [-0.4, -0.2) is 41.5 Å². The van der Waals surface area contributed by atoms with Crippen LogP contribution in [0.5, 0.6) is 0 Å². The van der Waals surface area contributed by atoms with E-state index < -0.39 is 0 Å². The van der Waals surface area contributed by atoms with Gasteiger partial charge in [0.1, 0.15) is 0 Å². The topological polar surface area (TPSA) is 6.48 Å². The first kappa shape index (κ1) is 11.6. The minimum absolute atomic E-state index is 0.527. The molecule has 0 saturated carbocycles. The summed E-state index contributed by atoms with van der Waals surface area (Å²) in [5, 5.41) is 0. The van der Waals surface area contributed by atoms with Crippen molar-refractivity contribution in [3.05, 3.63) is 12.3 Å². The summed E-state index contributed by atoms with van der Waals surface area (Å²) >= 11 is 0. The van der Waals surface area contributed by atoms with Gasteiger partial charge >= 0.3 is 0 Å². The smallest absolute Gasteiger partial charge is 0.0403 e. The number of piperidine rings is 3. The molecule has 4 rings (SSSR count). The van der Waals surface area contributed by atoms with Gasteiger partial charge in [-0.1, -0.05) is 20.4 Å². The van der Waals surface area contributed by atoms with E-state index in [1.54, 1.807) is 0 Å². The van der Waals surface area contributed by atoms with Gasteiger partial charge in [-0.15, -0.1) is 0 Å². The van der Waals surface area contributed by atoms with E-state index in [0.717, 1.165) is 5.92 Å². The Morgan fingerprint density at radius 1 is 1.24 bits per heavy atom. The first-order valence-electron chi connectivity index (χ1n) is 7.29. The molecule has 0 aromatic rings. The zero-order chi connectivity index (χ0) is 12.0. The third-order valence-electron chi connectivity index (χ3n) is 5.36. The second-order valence-electron chi connectivity index (χ2n) is 6.68. The Morgan fingerprint density at radius 3 is 2.47 bits per heavy atom. The van der Waals surface area contributed by atoms with Gasteiger partial charge in [0.05, 0.1) is 0 Å². The number of fused-ring (bicyclic) bond motifs is 2. The Labute approximate surface area is 106 Å². The molecule has 0 amide bonds. The molecular weight excluding hydrogens is 208 g/mol. The van der Waals surface area contributed by atoms with Gasteiger partial charge in [-0.2, -0.15) is 0 Å². The maximum atomic E-state index is 4.28. The van der Waals surface area contributed by atoms with Crippen LogP contribution in [0.1, 0.15) is 39.5 Å². The molecule has 2 bridgehead atoms. The van der Waals surface area contributed by atoms with E-state index in [9.17, 15) is 0 Å². The van der Waals surface area contributed by atoms with Gasteiger partial charge in [0.15, 0.2) is 0 Å². The first-order valence-corrected chi connectivity index (χ1v) is 7.29. The SMILES string of the molecule is C=C(C(C)C)N1CCC2(CC3CCN2CC3)C1. The minimum Gasteiger partial charge on any atom is -0.373 e. The Kier molecular flexibility index (Phi) is 2.73. The Balaban J connectivity index is 1.73. The molecule has 2 nitrogen and oxygen atoms in total. The second kappa shape index (κ2) is 4.01. The molecule has 2 heteroatoms. The third-order valence-corrected chi connectivity index (χ3v) is 5.36. The molecule has 1 spiro atoms. The van der Waals surface area contributed by atoms with E-state index in [1.807, 2.05) is 0 Å². The number of rotatable bonds is 2. The molecule has 4 saturated heterocycles. The fraction of sp³-hybridized carbons (Fsp3) is 0.867. The standard InChI is InChI=1S/C15H26N2/c1-12(2)13(3)16-9-6-15(11-16)10-14-4-7-17(15)8-5-14/h12,14H,3-11H2,1-2H3. The Hall–Kier alpha value is -0.500. The minimum atomic E-state index is 0.527. The Bertz CT molecular complexity index is 315. The van der Waals surface area contributed by atoms with Crippen LogP contribution in [0.25, 0.3) is 0 Å². The molecular formula is C15H26N2. The van der Waals surface area contributed by atoms with Crippen LogP contribution in [0.15, 0.2) is 12.3 Å². The second-order valence-corrected chi connectivity index (χ2v) is 6.68. The maximum Gasteiger partial charge on any atom is 0.0403 e. The fourth-order valence-electron chi connectivity index (χ4n) is 4.17. The summed E-state index contributed by atoms with van der Waals surface area (Å²) in [5.41, 5.74) is 1.88. The quantitative estimate of drug-likeness (QED) is 0.725. The molecule has 0 aromatic carbocycles. The van der Waals surface area contributed by atoms with Crippen LogP contribution in [0.2, 0.25) is 0 Å². The summed E-state index contributed by atoms with van der Waals surface area (Å²) in [7, 11) is 0. The van der Waals surface area contributed by atoms with Gasteiger partial charge in [-0.05, 0) is 50.6 Å². The van der Waals surface area contributed by atoms with E-state index >= 15 is 0 Å². The van der Waals surface area contributed by atoms with Gasteiger partial charge in [-0.3, -0.25) is 4.90 Å². The summed E-state index contributed by atoms with van der Waals surface area (Å²) in [6.45, 7) is 14.0. The molecule has 4 aliphatic rings. The summed E-state index contributed by atoms with van der Waals surface area (Å²) in [5.74, 6) is 1.62. The lowest BCUT2D eigenvalue weighted by molar-refractivity contribution is -0.0217. The highest BCUT2D eigenvalue weighted by Gasteiger charge is 2.49. The lowest BCUT2D eigenvalue weighted by Gasteiger charge is -2.53. The van der Waals surface area contributed by atoms with Gasteiger partial charge in [0.25, 0.3) is 0 Å². The van der Waals surface area contributed by atoms with Gasteiger partial charge in [-0.25, -0.2) is 0 Å². The predicted molar refractivity (Wildman–Crippen MR) is 71.8 cm³/mol. The van der Waals surface area contributed by atoms with E-state index in [-0.39, 0.29) is 0 Å². The molecule has 17 heavy (non-hydrogen) atoms. The molecule has 96 valence electrons. The van der Waals surface area contributed by atoms with Crippen LogP contribution in [0.3, 0.4) is 0 Å². The monoisotopic (exact) mass is 234 g/mol. The van der Waals surface area contributed by atoms with E-state index in [1.165, 1.54) is 57.6 Å². The fourth-order valence-corrected chi connectivity index (χ4v) is 4.17. The summed E-state index contributed by atoms with van der Waals surface area (Å²) in [6, 6.07) is 0. The van der Waals surface area contributed by atoms with Crippen molar-refractivity contribution in [1.29, 1.82) is 0 Å². The van der Waals surface area contributed by atoms with Gasteiger partial charge in [0, 0.05) is 24.3 Å². The van der Waals surface area contributed by atoms with Crippen LogP contribution in [0.4, 0.5) is 0 Å². The highest BCUT2D eigenvalue weighted by atomic mass is 15.3.